The summed E-state index contributed by atoms with van der Waals surface area (Å²) in [6, 6.07) is 0.224. The molecule has 0 spiro atoms. The molecule has 0 radical (unpaired) electrons. The number of hydrogen-bond donors (Lipinski definition) is 2. The summed E-state index contributed by atoms with van der Waals surface area (Å²) in [6.45, 7) is 2.83. The monoisotopic (exact) mass is 229 g/mol. The zero-order valence-corrected chi connectivity index (χ0v) is 9.69. The summed E-state index contributed by atoms with van der Waals surface area (Å²) in [5.74, 6) is 0.665. The van der Waals surface area contributed by atoms with Crippen LogP contribution in [0.15, 0.2) is 0 Å². The molecule has 1 saturated heterocycles. The van der Waals surface area contributed by atoms with Crippen LogP contribution in [0.5, 0.6) is 10.9 Å². The lowest BCUT2D eigenvalue weighted by Crippen LogP contribution is -2.42. The molecule has 0 aliphatic carbocycles. The Balaban J connectivity index is 2.26. The van der Waals surface area contributed by atoms with E-state index < -0.39 is 0 Å². The standard InChI is InChI=1S/C9H15N3O2S/c1-13-8-7(9(14-2)15-12-8)6-5-10-3-4-11-6/h6,10-11H,3-5H2,1-2H3. The Morgan fingerprint density at radius 2 is 2.20 bits per heavy atom. The van der Waals surface area contributed by atoms with Gasteiger partial charge in [0.15, 0.2) is 0 Å². The number of aromatic nitrogens is 1. The van der Waals surface area contributed by atoms with E-state index >= 15 is 0 Å². The van der Waals surface area contributed by atoms with E-state index in [1.54, 1.807) is 14.2 Å². The maximum absolute atomic E-state index is 5.29. The first-order valence-electron chi connectivity index (χ1n) is 4.88. The lowest BCUT2D eigenvalue weighted by atomic mass is 10.1. The van der Waals surface area contributed by atoms with Crippen LogP contribution in [0.25, 0.3) is 0 Å². The zero-order valence-electron chi connectivity index (χ0n) is 8.87. The number of methoxy groups -OCH3 is 2. The number of piperazine rings is 1. The number of nitrogens with one attached hydrogen (secondary N) is 2. The Bertz CT molecular complexity index is 302. The van der Waals surface area contributed by atoms with E-state index in [1.165, 1.54) is 11.5 Å². The Morgan fingerprint density at radius 3 is 2.80 bits per heavy atom. The van der Waals surface area contributed by atoms with Crippen LogP contribution in [0.2, 0.25) is 0 Å². The molecule has 15 heavy (non-hydrogen) atoms. The summed E-state index contributed by atoms with van der Waals surface area (Å²) < 4.78 is 14.7. The average Bonchev–Trinajstić information content (AvgIpc) is 2.72. The highest BCUT2D eigenvalue weighted by Crippen LogP contribution is 2.37. The van der Waals surface area contributed by atoms with Gasteiger partial charge in [-0.25, -0.2) is 0 Å². The minimum atomic E-state index is 0.224. The number of nitrogens with zero attached hydrogens (tertiary/aromatic N) is 1. The van der Waals surface area contributed by atoms with Gasteiger partial charge in [0, 0.05) is 31.2 Å². The van der Waals surface area contributed by atoms with E-state index in [2.05, 4.69) is 15.0 Å². The summed E-state index contributed by atoms with van der Waals surface area (Å²) in [7, 11) is 3.29. The lowest BCUT2D eigenvalue weighted by molar-refractivity contribution is 0.358. The van der Waals surface area contributed by atoms with Crippen LogP contribution in [0.3, 0.4) is 0 Å². The first-order valence-corrected chi connectivity index (χ1v) is 5.65. The third-order valence-corrected chi connectivity index (χ3v) is 3.24. The topological polar surface area (TPSA) is 55.4 Å². The molecule has 1 aliphatic rings. The molecule has 0 bridgehead atoms. The lowest BCUT2D eigenvalue weighted by Gasteiger charge is -2.24. The van der Waals surface area contributed by atoms with Crippen molar-refractivity contribution in [2.75, 3.05) is 33.9 Å². The van der Waals surface area contributed by atoms with E-state index in [9.17, 15) is 0 Å². The normalized spacial score (nSPS) is 21.3. The van der Waals surface area contributed by atoms with E-state index in [4.69, 9.17) is 9.47 Å². The average molecular weight is 229 g/mol. The highest BCUT2D eigenvalue weighted by molar-refractivity contribution is 7.08. The van der Waals surface area contributed by atoms with E-state index in [0.29, 0.717) is 5.88 Å². The van der Waals surface area contributed by atoms with Gasteiger partial charge in [-0.05, 0) is 0 Å². The summed E-state index contributed by atoms with van der Waals surface area (Å²) in [5, 5.41) is 7.57. The van der Waals surface area contributed by atoms with Crippen LogP contribution < -0.4 is 20.1 Å². The first-order chi connectivity index (χ1) is 7.36. The molecule has 2 rings (SSSR count). The molecule has 2 heterocycles. The van der Waals surface area contributed by atoms with Gasteiger partial charge in [0.1, 0.15) is 0 Å². The highest BCUT2D eigenvalue weighted by atomic mass is 32.1. The minimum Gasteiger partial charge on any atom is -0.486 e. The van der Waals surface area contributed by atoms with Crippen LogP contribution >= 0.6 is 11.5 Å². The van der Waals surface area contributed by atoms with Gasteiger partial charge in [-0.1, -0.05) is 0 Å². The molecule has 0 amide bonds. The Labute approximate surface area is 92.9 Å². The second kappa shape index (κ2) is 4.78. The Hall–Kier alpha value is -0.850. The summed E-state index contributed by atoms with van der Waals surface area (Å²) >= 11 is 1.33. The van der Waals surface area contributed by atoms with Gasteiger partial charge in [0.25, 0.3) is 0 Å². The van der Waals surface area contributed by atoms with Crippen LogP contribution in [0.1, 0.15) is 11.6 Å². The third-order valence-electron chi connectivity index (χ3n) is 2.43. The molecule has 1 aliphatic heterocycles. The SMILES string of the molecule is COc1nsc(OC)c1C1CNCCN1. The molecule has 84 valence electrons. The molecule has 1 atom stereocenters. The quantitative estimate of drug-likeness (QED) is 0.785. The smallest absolute Gasteiger partial charge is 0.233 e. The number of rotatable bonds is 3. The summed E-state index contributed by atoms with van der Waals surface area (Å²) in [6.07, 6.45) is 0. The molecule has 6 heteroatoms. The fourth-order valence-electron chi connectivity index (χ4n) is 1.71. The van der Waals surface area contributed by atoms with Crippen LogP contribution in [0.4, 0.5) is 0 Å². The molecule has 1 unspecified atom stereocenters. The molecule has 0 aromatic carbocycles. The fraction of sp³-hybridized carbons (Fsp3) is 0.667. The van der Waals surface area contributed by atoms with Crippen molar-refractivity contribution in [2.24, 2.45) is 0 Å². The molecule has 1 aromatic heterocycles. The van der Waals surface area contributed by atoms with Gasteiger partial charge in [-0.2, -0.15) is 4.37 Å². The summed E-state index contributed by atoms with van der Waals surface area (Å²) in [4.78, 5) is 0. The van der Waals surface area contributed by atoms with E-state index in [-0.39, 0.29) is 6.04 Å². The molecular formula is C9H15N3O2S. The van der Waals surface area contributed by atoms with Crippen molar-refractivity contribution in [3.05, 3.63) is 5.56 Å². The van der Waals surface area contributed by atoms with Crippen molar-refractivity contribution < 1.29 is 9.47 Å². The molecular weight excluding hydrogens is 214 g/mol. The number of ether oxygens (including phenoxy) is 2. The predicted octanol–water partition coefficient (Wildman–Crippen LogP) is 0.394. The third kappa shape index (κ3) is 2.06. The van der Waals surface area contributed by atoms with Crippen LogP contribution in [-0.4, -0.2) is 38.2 Å². The largest absolute Gasteiger partial charge is 0.486 e. The van der Waals surface area contributed by atoms with E-state index in [1.807, 2.05) is 0 Å². The maximum Gasteiger partial charge on any atom is 0.233 e. The Kier molecular flexibility index (Phi) is 3.40. The van der Waals surface area contributed by atoms with Crippen LogP contribution in [0, 0.1) is 0 Å². The first kappa shape index (κ1) is 10.7. The van der Waals surface area contributed by atoms with Crippen molar-refractivity contribution in [3.63, 3.8) is 0 Å². The van der Waals surface area contributed by atoms with Crippen molar-refractivity contribution >= 4 is 11.5 Å². The van der Waals surface area contributed by atoms with Gasteiger partial charge >= 0.3 is 0 Å². The molecule has 1 aromatic rings. The summed E-state index contributed by atoms with van der Waals surface area (Å²) in [5.41, 5.74) is 1.03. The van der Waals surface area contributed by atoms with Gasteiger partial charge < -0.3 is 20.1 Å². The molecule has 0 saturated carbocycles. The van der Waals surface area contributed by atoms with Crippen molar-refractivity contribution in [3.8, 4) is 10.9 Å². The van der Waals surface area contributed by atoms with Gasteiger partial charge in [0.05, 0.1) is 25.8 Å². The minimum absolute atomic E-state index is 0.224. The van der Waals surface area contributed by atoms with E-state index in [0.717, 1.165) is 30.3 Å². The zero-order chi connectivity index (χ0) is 10.7. The van der Waals surface area contributed by atoms with Gasteiger partial charge in [-0.3, -0.25) is 0 Å². The van der Waals surface area contributed by atoms with Crippen LogP contribution in [-0.2, 0) is 0 Å². The molecule has 1 fully saturated rings. The van der Waals surface area contributed by atoms with Crippen molar-refractivity contribution in [1.82, 2.24) is 15.0 Å². The second-order valence-corrected chi connectivity index (χ2v) is 4.04. The van der Waals surface area contributed by atoms with Crippen molar-refractivity contribution in [1.29, 1.82) is 0 Å². The van der Waals surface area contributed by atoms with Gasteiger partial charge in [-0.15, -0.1) is 0 Å². The van der Waals surface area contributed by atoms with Gasteiger partial charge in [0.2, 0.25) is 10.9 Å². The maximum atomic E-state index is 5.29. The second-order valence-electron chi connectivity index (χ2n) is 3.31. The fourth-order valence-corrected chi connectivity index (χ4v) is 2.45. The number of hydrogen-bond acceptors (Lipinski definition) is 6. The van der Waals surface area contributed by atoms with Crippen molar-refractivity contribution in [2.45, 2.75) is 6.04 Å². The molecule has 2 N–H and O–H groups in total. The highest BCUT2D eigenvalue weighted by Gasteiger charge is 2.25. The predicted molar refractivity (Wildman–Crippen MR) is 58.8 cm³/mol. The Morgan fingerprint density at radius 1 is 1.33 bits per heavy atom. The molecule has 5 nitrogen and oxygen atoms in total.